The average molecular weight is 494 g/mol. The standard InChI is InChI=1S/C30H31N5O2/c1-3-35-28-13-14-34(18-22-17-31-27-15-23(37-2)11-12-25(22)27)19-26(28)29(33-35)30(36)32-16-21-9-6-8-20-7-4-5-10-24(20)21/h4-12,15,17,31H,3,13-14,16,18-19H2,1-2H3,(H,32,36). The molecule has 7 nitrogen and oxygen atoms in total. The molecular formula is C30H31N5O2. The maximum atomic E-state index is 13.4. The van der Waals surface area contributed by atoms with Crippen molar-refractivity contribution < 1.29 is 9.53 Å². The van der Waals surface area contributed by atoms with Gasteiger partial charge in [0.05, 0.1) is 7.11 Å². The van der Waals surface area contributed by atoms with Gasteiger partial charge in [0.1, 0.15) is 5.75 Å². The topological polar surface area (TPSA) is 75.2 Å². The predicted octanol–water partition coefficient (Wildman–Crippen LogP) is 5.03. The number of hydrogen-bond donors (Lipinski definition) is 2. The highest BCUT2D eigenvalue weighted by molar-refractivity contribution is 5.94. The van der Waals surface area contributed by atoms with Crippen LogP contribution in [0.1, 0.15) is 39.8 Å². The van der Waals surface area contributed by atoms with Crippen molar-refractivity contribution in [2.75, 3.05) is 13.7 Å². The number of aromatic amines is 1. The molecule has 37 heavy (non-hydrogen) atoms. The normalized spacial score (nSPS) is 13.7. The van der Waals surface area contributed by atoms with E-state index >= 15 is 0 Å². The number of fused-ring (bicyclic) bond motifs is 3. The van der Waals surface area contributed by atoms with Gasteiger partial charge in [-0.3, -0.25) is 14.4 Å². The SMILES string of the molecule is CCn1nc(C(=O)NCc2cccc3ccccc23)c2c1CCN(Cc1c[nH]c3cc(OC)ccc13)C2. The third kappa shape index (κ3) is 4.36. The van der Waals surface area contributed by atoms with Crippen LogP contribution in [0, 0.1) is 0 Å². The first-order chi connectivity index (χ1) is 18.1. The Morgan fingerprint density at radius 2 is 1.95 bits per heavy atom. The van der Waals surface area contributed by atoms with E-state index in [0.717, 1.165) is 53.8 Å². The van der Waals surface area contributed by atoms with Crippen LogP contribution in [0.2, 0.25) is 0 Å². The minimum Gasteiger partial charge on any atom is -0.497 e. The van der Waals surface area contributed by atoms with Gasteiger partial charge in [0.15, 0.2) is 5.69 Å². The number of aryl methyl sites for hydroxylation is 1. The van der Waals surface area contributed by atoms with Crippen molar-refractivity contribution in [2.24, 2.45) is 0 Å². The third-order valence-corrected chi connectivity index (χ3v) is 7.42. The van der Waals surface area contributed by atoms with Gasteiger partial charge in [-0.15, -0.1) is 0 Å². The Balaban J connectivity index is 1.22. The summed E-state index contributed by atoms with van der Waals surface area (Å²) in [6.07, 6.45) is 2.95. The van der Waals surface area contributed by atoms with Gasteiger partial charge in [-0.25, -0.2) is 0 Å². The van der Waals surface area contributed by atoms with Gasteiger partial charge >= 0.3 is 0 Å². The summed E-state index contributed by atoms with van der Waals surface area (Å²) in [6, 6.07) is 20.6. The number of ether oxygens (including phenoxy) is 1. The summed E-state index contributed by atoms with van der Waals surface area (Å²) in [5.74, 6) is 0.729. The Labute approximate surface area is 216 Å². The second-order valence-corrected chi connectivity index (χ2v) is 9.60. The molecule has 2 aromatic heterocycles. The van der Waals surface area contributed by atoms with Crippen molar-refractivity contribution in [2.45, 2.75) is 39.5 Å². The van der Waals surface area contributed by atoms with E-state index in [-0.39, 0.29) is 5.91 Å². The van der Waals surface area contributed by atoms with Crippen molar-refractivity contribution in [3.63, 3.8) is 0 Å². The van der Waals surface area contributed by atoms with E-state index in [1.807, 2.05) is 35.0 Å². The van der Waals surface area contributed by atoms with Crippen LogP contribution >= 0.6 is 0 Å². The fourth-order valence-corrected chi connectivity index (χ4v) is 5.50. The summed E-state index contributed by atoms with van der Waals surface area (Å²) < 4.78 is 7.36. The van der Waals surface area contributed by atoms with Crippen molar-refractivity contribution in [3.8, 4) is 5.75 Å². The van der Waals surface area contributed by atoms with Crippen LogP contribution in [0.25, 0.3) is 21.7 Å². The molecule has 0 bridgehead atoms. The molecule has 0 saturated heterocycles. The molecule has 0 fully saturated rings. The summed E-state index contributed by atoms with van der Waals surface area (Å²) >= 11 is 0. The molecule has 6 rings (SSSR count). The molecule has 0 unspecified atom stereocenters. The minimum absolute atomic E-state index is 0.113. The molecule has 7 heteroatoms. The lowest BCUT2D eigenvalue weighted by Crippen LogP contribution is -2.32. The smallest absolute Gasteiger partial charge is 0.272 e. The van der Waals surface area contributed by atoms with Crippen LogP contribution in [-0.2, 0) is 32.6 Å². The van der Waals surface area contributed by atoms with Gasteiger partial charge in [-0.05, 0) is 41.0 Å². The molecule has 0 spiro atoms. The summed E-state index contributed by atoms with van der Waals surface area (Å²) in [6.45, 7) is 5.74. The molecule has 5 aromatic rings. The molecule has 1 aliphatic heterocycles. The van der Waals surface area contributed by atoms with Gasteiger partial charge < -0.3 is 15.0 Å². The van der Waals surface area contributed by atoms with Gasteiger partial charge in [0.2, 0.25) is 0 Å². The summed E-state index contributed by atoms with van der Waals surface area (Å²) in [5, 5.41) is 11.4. The Morgan fingerprint density at radius 1 is 1.08 bits per heavy atom. The molecule has 2 N–H and O–H groups in total. The van der Waals surface area contributed by atoms with Gasteiger partial charge in [0, 0.05) is 73.6 Å². The van der Waals surface area contributed by atoms with Gasteiger partial charge in [-0.1, -0.05) is 42.5 Å². The van der Waals surface area contributed by atoms with E-state index in [9.17, 15) is 4.79 Å². The van der Waals surface area contributed by atoms with Crippen molar-refractivity contribution in [3.05, 3.63) is 94.9 Å². The van der Waals surface area contributed by atoms with Crippen molar-refractivity contribution in [1.82, 2.24) is 25.0 Å². The maximum absolute atomic E-state index is 13.4. The van der Waals surface area contributed by atoms with E-state index < -0.39 is 0 Å². The van der Waals surface area contributed by atoms with E-state index in [1.165, 1.54) is 22.0 Å². The average Bonchev–Trinajstić information content (AvgIpc) is 3.52. The number of aromatic nitrogens is 3. The number of nitrogens with one attached hydrogen (secondary N) is 2. The number of carbonyl (C=O) groups is 1. The Kier molecular flexibility index (Phi) is 6.14. The van der Waals surface area contributed by atoms with E-state index in [1.54, 1.807) is 7.11 Å². The van der Waals surface area contributed by atoms with Crippen molar-refractivity contribution in [1.29, 1.82) is 0 Å². The zero-order valence-electron chi connectivity index (χ0n) is 21.3. The zero-order chi connectivity index (χ0) is 25.4. The first kappa shape index (κ1) is 23.3. The lowest BCUT2D eigenvalue weighted by atomic mass is 10.0. The Morgan fingerprint density at radius 3 is 2.81 bits per heavy atom. The number of hydrogen-bond acceptors (Lipinski definition) is 4. The number of H-pyrrole nitrogens is 1. The highest BCUT2D eigenvalue weighted by Crippen LogP contribution is 2.28. The molecule has 1 amide bonds. The minimum atomic E-state index is -0.113. The Hall–Kier alpha value is -4.10. The van der Waals surface area contributed by atoms with Crippen LogP contribution in [0.3, 0.4) is 0 Å². The molecule has 0 radical (unpaired) electrons. The first-order valence-corrected chi connectivity index (χ1v) is 12.8. The number of amides is 1. The maximum Gasteiger partial charge on any atom is 0.272 e. The summed E-state index contributed by atoms with van der Waals surface area (Å²) in [5.41, 5.74) is 6.19. The van der Waals surface area contributed by atoms with Gasteiger partial charge in [-0.2, -0.15) is 5.10 Å². The molecule has 0 atom stereocenters. The lowest BCUT2D eigenvalue weighted by molar-refractivity contribution is 0.0943. The molecule has 188 valence electrons. The number of carbonyl (C=O) groups excluding carboxylic acids is 1. The highest BCUT2D eigenvalue weighted by Gasteiger charge is 2.28. The number of methoxy groups -OCH3 is 1. The number of rotatable bonds is 7. The monoisotopic (exact) mass is 493 g/mol. The third-order valence-electron chi connectivity index (χ3n) is 7.42. The van der Waals surface area contributed by atoms with Crippen LogP contribution in [-0.4, -0.2) is 39.2 Å². The summed E-state index contributed by atoms with van der Waals surface area (Å²) in [4.78, 5) is 19.2. The van der Waals surface area contributed by atoms with Crippen molar-refractivity contribution >= 4 is 27.6 Å². The predicted molar refractivity (Wildman–Crippen MR) is 146 cm³/mol. The molecule has 0 saturated carbocycles. The Bertz CT molecular complexity index is 1590. The van der Waals surface area contributed by atoms with Crippen LogP contribution in [0.4, 0.5) is 0 Å². The molecular weight excluding hydrogens is 462 g/mol. The summed E-state index contributed by atoms with van der Waals surface area (Å²) in [7, 11) is 1.68. The highest BCUT2D eigenvalue weighted by atomic mass is 16.5. The number of benzene rings is 3. The molecule has 3 heterocycles. The fraction of sp³-hybridized carbons (Fsp3) is 0.267. The van der Waals surface area contributed by atoms with E-state index in [2.05, 4.69) is 58.7 Å². The molecule has 1 aliphatic rings. The first-order valence-electron chi connectivity index (χ1n) is 12.8. The molecule has 0 aliphatic carbocycles. The molecule has 3 aromatic carbocycles. The van der Waals surface area contributed by atoms with E-state index in [0.29, 0.717) is 18.8 Å². The van der Waals surface area contributed by atoms with Crippen LogP contribution in [0.15, 0.2) is 66.9 Å². The second-order valence-electron chi connectivity index (χ2n) is 9.60. The zero-order valence-corrected chi connectivity index (χ0v) is 21.3. The van der Waals surface area contributed by atoms with Crippen LogP contribution in [0.5, 0.6) is 5.75 Å². The number of nitrogens with zero attached hydrogens (tertiary/aromatic N) is 3. The lowest BCUT2D eigenvalue weighted by Gasteiger charge is -2.27. The second kappa shape index (κ2) is 9.75. The van der Waals surface area contributed by atoms with Gasteiger partial charge in [0.25, 0.3) is 5.91 Å². The fourth-order valence-electron chi connectivity index (χ4n) is 5.50. The van der Waals surface area contributed by atoms with E-state index in [4.69, 9.17) is 9.84 Å². The van der Waals surface area contributed by atoms with Crippen LogP contribution < -0.4 is 10.1 Å². The largest absolute Gasteiger partial charge is 0.497 e. The quantitative estimate of drug-likeness (QED) is 0.333.